The number of hydrogen-bond acceptors (Lipinski definition) is 3. The highest BCUT2D eigenvalue weighted by atomic mass is 16.2. The van der Waals surface area contributed by atoms with Crippen molar-refractivity contribution in [2.75, 3.05) is 6.54 Å². The molecule has 2 amide bonds. The van der Waals surface area contributed by atoms with E-state index in [1.54, 1.807) is 0 Å². The summed E-state index contributed by atoms with van der Waals surface area (Å²) in [5.74, 6) is -0.0807. The van der Waals surface area contributed by atoms with Gasteiger partial charge in [-0.2, -0.15) is 0 Å². The van der Waals surface area contributed by atoms with Crippen LogP contribution >= 0.6 is 0 Å². The van der Waals surface area contributed by atoms with Crippen molar-refractivity contribution < 1.29 is 9.59 Å². The zero-order chi connectivity index (χ0) is 12.1. The molecule has 1 saturated heterocycles. The summed E-state index contributed by atoms with van der Waals surface area (Å²) in [6.45, 7) is 6.70. The Bertz CT molecular complexity index is 266. The first kappa shape index (κ1) is 13.2. The van der Waals surface area contributed by atoms with Crippen molar-refractivity contribution in [3.63, 3.8) is 0 Å². The summed E-state index contributed by atoms with van der Waals surface area (Å²) in [6, 6.07) is 0.00827. The molecule has 1 N–H and O–H groups in total. The number of carbonyl (C=O) groups is 2. The molecule has 0 saturated carbocycles. The van der Waals surface area contributed by atoms with Gasteiger partial charge in [0.2, 0.25) is 11.8 Å². The van der Waals surface area contributed by atoms with Crippen molar-refractivity contribution in [3.8, 4) is 0 Å². The Morgan fingerprint density at radius 3 is 2.62 bits per heavy atom. The second kappa shape index (κ2) is 5.99. The summed E-state index contributed by atoms with van der Waals surface area (Å²) in [5, 5.41) is 3.24. The van der Waals surface area contributed by atoms with Crippen molar-refractivity contribution in [1.29, 1.82) is 0 Å². The number of carbonyl (C=O) groups excluding carboxylic acids is 2. The number of amides is 2. The lowest BCUT2D eigenvalue weighted by molar-refractivity contribution is -0.138. The van der Waals surface area contributed by atoms with E-state index in [9.17, 15) is 9.59 Å². The van der Waals surface area contributed by atoms with Gasteiger partial charge in [0.25, 0.3) is 0 Å². The fourth-order valence-corrected chi connectivity index (χ4v) is 2.13. The molecular formula is C12H22N2O2. The Hall–Kier alpha value is -0.900. The predicted molar refractivity (Wildman–Crippen MR) is 62.9 cm³/mol. The van der Waals surface area contributed by atoms with Gasteiger partial charge in [-0.1, -0.05) is 20.3 Å². The minimum atomic E-state index is -0.291. The van der Waals surface area contributed by atoms with Gasteiger partial charge < -0.3 is 5.32 Å². The Balaban J connectivity index is 2.51. The first-order valence-corrected chi connectivity index (χ1v) is 6.20. The minimum absolute atomic E-state index is 0.0342. The molecule has 0 radical (unpaired) electrons. The molecule has 1 fully saturated rings. The predicted octanol–water partition coefficient (Wildman–Crippen LogP) is 1.30. The molecule has 2 atom stereocenters. The van der Waals surface area contributed by atoms with Gasteiger partial charge in [0, 0.05) is 12.6 Å². The van der Waals surface area contributed by atoms with E-state index in [4.69, 9.17) is 0 Å². The number of likely N-dealkylation sites (tertiary alicyclic amines) is 1. The molecular weight excluding hydrogens is 204 g/mol. The first-order chi connectivity index (χ1) is 7.60. The number of imide groups is 1. The third-order valence-electron chi connectivity index (χ3n) is 2.90. The van der Waals surface area contributed by atoms with Crippen molar-refractivity contribution >= 4 is 11.8 Å². The van der Waals surface area contributed by atoms with Crippen LogP contribution in [0.5, 0.6) is 0 Å². The molecule has 0 aromatic carbocycles. The summed E-state index contributed by atoms with van der Waals surface area (Å²) in [4.78, 5) is 24.9. The highest BCUT2D eigenvalue weighted by Gasteiger charge is 2.38. The summed E-state index contributed by atoms with van der Waals surface area (Å²) in [7, 11) is 0. The van der Waals surface area contributed by atoms with E-state index < -0.39 is 0 Å². The second-order valence-electron chi connectivity index (χ2n) is 4.50. The maximum atomic E-state index is 11.9. The third kappa shape index (κ3) is 3.04. The van der Waals surface area contributed by atoms with E-state index in [1.807, 2.05) is 6.92 Å². The normalized spacial score (nSPS) is 22.9. The van der Waals surface area contributed by atoms with E-state index in [0.29, 0.717) is 19.0 Å². The molecule has 4 nitrogen and oxygen atoms in total. The lowest BCUT2D eigenvalue weighted by Gasteiger charge is -2.18. The highest BCUT2D eigenvalue weighted by molar-refractivity contribution is 6.05. The van der Waals surface area contributed by atoms with E-state index >= 15 is 0 Å². The van der Waals surface area contributed by atoms with Crippen LogP contribution in [0.1, 0.15) is 46.5 Å². The SMILES string of the molecule is CCCC(C)NC1CC(=O)N(CCC)C1=O. The lowest BCUT2D eigenvalue weighted by atomic mass is 10.1. The molecule has 0 aromatic heterocycles. The van der Waals surface area contributed by atoms with Crippen LogP contribution in [0.25, 0.3) is 0 Å². The monoisotopic (exact) mass is 226 g/mol. The molecule has 4 heteroatoms. The average molecular weight is 226 g/mol. The number of rotatable bonds is 6. The average Bonchev–Trinajstić information content (AvgIpc) is 2.47. The van der Waals surface area contributed by atoms with Crippen LogP contribution in [0.3, 0.4) is 0 Å². The van der Waals surface area contributed by atoms with Gasteiger partial charge in [-0.15, -0.1) is 0 Å². The van der Waals surface area contributed by atoms with Crippen LogP contribution in [0, 0.1) is 0 Å². The zero-order valence-electron chi connectivity index (χ0n) is 10.5. The van der Waals surface area contributed by atoms with Crippen LogP contribution in [0.2, 0.25) is 0 Å². The quantitative estimate of drug-likeness (QED) is 0.695. The smallest absolute Gasteiger partial charge is 0.246 e. The summed E-state index contributed by atoms with van der Waals surface area (Å²) >= 11 is 0. The summed E-state index contributed by atoms with van der Waals surface area (Å²) < 4.78 is 0. The molecule has 16 heavy (non-hydrogen) atoms. The number of nitrogens with one attached hydrogen (secondary N) is 1. The van der Waals surface area contributed by atoms with Crippen LogP contribution in [-0.4, -0.2) is 35.3 Å². The van der Waals surface area contributed by atoms with Gasteiger partial charge in [-0.25, -0.2) is 0 Å². The Kier molecular flexibility index (Phi) is 4.93. The van der Waals surface area contributed by atoms with E-state index in [-0.39, 0.29) is 17.9 Å². The fraction of sp³-hybridized carbons (Fsp3) is 0.833. The second-order valence-corrected chi connectivity index (χ2v) is 4.50. The lowest BCUT2D eigenvalue weighted by Crippen LogP contribution is -2.42. The maximum Gasteiger partial charge on any atom is 0.246 e. The number of hydrogen-bond donors (Lipinski definition) is 1. The highest BCUT2D eigenvalue weighted by Crippen LogP contribution is 2.14. The third-order valence-corrected chi connectivity index (χ3v) is 2.90. The fourth-order valence-electron chi connectivity index (χ4n) is 2.13. The molecule has 0 aliphatic carbocycles. The summed E-state index contributed by atoms with van der Waals surface area (Å²) in [6.07, 6.45) is 3.27. The van der Waals surface area contributed by atoms with E-state index in [2.05, 4.69) is 19.2 Å². The van der Waals surface area contributed by atoms with Crippen LogP contribution in [0.15, 0.2) is 0 Å². The zero-order valence-corrected chi connectivity index (χ0v) is 10.5. The van der Waals surface area contributed by atoms with Crippen molar-refractivity contribution in [2.24, 2.45) is 0 Å². The molecule has 0 bridgehead atoms. The molecule has 1 rings (SSSR count). The molecule has 1 heterocycles. The molecule has 0 spiro atoms. The molecule has 1 aliphatic heterocycles. The van der Waals surface area contributed by atoms with Gasteiger partial charge in [0.15, 0.2) is 0 Å². The van der Waals surface area contributed by atoms with Crippen LogP contribution in [-0.2, 0) is 9.59 Å². The van der Waals surface area contributed by atoms with Crippen LogP contribution < -0.4 is 5.32 Å². The Morgan fingerprint density at radius 1 is 1.38 bits per heavy atom. The van der Waals surface area contributed by atoms with Crippen molar-refractivity contribution in [1.82, 2.24) is 10.2 Å². The largest absolute Gasteiger partial charge is 0.303 e. The minimum Gasteiger partial charge on any atom is -0.303 e. The maximum absolute atomic E-state index is 11.9. The van der Waals surface area contributed by atoms with Gasteiger partial charge in [0.1, 0.15) is 0 Å². The Morgan fingerprint density at radius 2 is 2.06 bits per heavy atom. The molecule has 0 aromatic rings. The van der Waals surface area contributed by atoms with Gasteiger partial charge in [-0.3, -0.25) is 14.5 Å². The molecule has 92 valence electrons. The number of nitrogens with zero attached hydrogens (tertiary/aromatic N) is 1. The standard InChI is InChI=1S/C12H22N2O2/c1-4-6-9(3)13-10-8-11(15)14(7-5-2)12(10)16/h9-10,13H,4-8H2,1-3H3. The molecule has 1 aliphatic rings. The van der Waals surface area contributed by atoms with E-state index in [0.717, 1.165) is 19.3 Å². The summed E-state index contributed by atoms with van der Waals surface area (Å²) in [5.41, 5.74) is 0. The topological polar surface area (TPSA) is 49.4 Å². The Labute approximate surface area is 97.4 Å². The van der Waals surface area contributed by atoms with Crippen LogP contribution in [0.4, 0.5) is 0 Å². The van der Waals surface area contributed by atoms with Gasteiger partial charge in [-0.05, 0) is 19.8 Å². The van der Waals surface area contributed by atoms with Gasteiger partial charge >= 0.3 is 0 Å². The van der Waals surface area contributed by atoms with Gasteiger partial charge in [0.05, 0.1) is 12.5 Å². The first-order valence-electron chi connectivity index (χ1n) is 6.20. The van der Waals surface area contributed by atoms with Crippen molar-refractivity contribution in [3.05, 3.63) is 0 Å². The van der Waals surface area contributed by atoms with Crippen molar-refractivity contribution in [2.45, 2.75) is 58.5 Å². The molecule has 2 unspecified atom stereocenters. The van der Waals surface area contributed by atoms with E-state index in [1.165, 1.54) is 4.90 Å².